The molecule has 4 atom stereocenters. The van der Waals surface area contributed by atoms with E-state index in [1.54, 1.807) is 4.90 Å². The number of carboxylic acid groups (broad SMARTS) is 2. The molecule has 2 bridgehead atoms. The molecular weight excluding hydrogens is 186 g/mol. The van der Waals surface area contributed by atoms with Gasteiger partial charge >= 0.3 is 11.9 Å². The summed E-state index contributed by atoms with van der Waals surface area (Å²) in [5.41, 5.74) is 0. The van der Waals surface area contributed by atoms with E-state index < -0.39 is 18.0 Å². The van der Waals surface area contributed by atoms with Crippen molar-refractivity contribution in [3.63, 3.8) is 0 Å². The molecule has 0 amide bonds. The highest BCUT2D eigenvalue weighted by Gasteiger charge is 2.45. The van der Waals surface area contributed by atoms with Crippen LogP contribution in [0.5, 0.6) is 0 Å². The number of fused-ring (bicyclic) bond motifs is 3. The van der Waals surface area contributed by atoms with Crippen LogP contribution in [0, 0.1) is 11.8 Å². The molecule has 5 nitrogen and oxygen atoms in total. The molecule has 0 spiro atoms. The number of hydrogen-bond donors (Lipinski definition) is 2. The lowest BCUT2D eigenvalue weighted by molar-refractivity contribution is -0.159. The van der Waals surface area contributed by atoms with Gasteiger partial charge in [0.1, 0.15) is 6.04 Å². The molecule has 78 valence electrons. The quantitative estimate of drug-likeness (QED) is 0.647. The highest BCUT2D eigenvalue weighted by atomic mass is 16.4. The van der Waals surface area contributed by atoms with Crippen LogP contribution in [0.4, 0.5) is 0 Å². The van der Waals surface area contributed by atoms with Crippen LogP contribution in [-0.2, 0) is 9.59 Å². The second-order valence-corrected chi connectivity index (χ2v) is 4.08. The maximum Gasteiger partial charge on any atom is 0.320 e. The lowest BCUT2D eigenvalue weighted by Crippen LogP contribution is -2.57. The zero-order valence-corrected chi connectivity index (χ0v) is 7.72. The number of nitrogens with zero attached hydrogens (tertiary/aromatic N) is 1. The third-order valence-corrected chi connectivity index (χ3v) is 3.36. The Morgan fingerprint density at radius 1 is 1.21 bits per heavy atom. The Hall–Kier alpha value is -1.10. The van der Waals surface area contributed by atoms with Crippen molar-refractivity contribution in [1.29, 1.82) is 0 Å². The first-order valence-electron chi connectivity index (χ1n) is 4.79. The average molecular weight is 199 g/mol. The third-order valence-electron chi connectivity index (χ3n) is 3.36. The number of rotatable bonds is 2. The minimum absolute atomic E-state index is 0.0543. The molecular formula is C9H13NO4. The van der Waals surface area contributed by atoms with Gasteiger partial charge in [-0.25, -0.2) is 0 Å². The van der Waals surface area contributed by atoms with Gasteiger partial charge in [0.05, 0.1) is 5.92 Å². The standard InChI is InChI=1S/C9H13NO4/c11-8(12)6-4-10-2-1-5(6)3-7(10)9(13)14/h5-7H,1-4H2,(H,11,12)(H,13,14)/t5-,6-,7+/m0/s1. The fourth-order valence-corrected chi connectivity index (χ4v) is 2.56. The SMILES string of the molecule is O=C(O)[C@H]1CN2CC[C@H]1C[C@@H]2C(=O)O. The van der Waals surface area contributed by atoms with Crippen LogP contribution in [0.25, 0.3) is 0 Å². The molecule has 3 heterocycles. The predicted octanol–water partition coefficient (Wildman–Crippen LogP) is -0.134. The minimum atomic E-state index is -0.821. The molecule has 14 heavy (non-hydrogen) atoms. The Morgan fingerprint density at radius 2 is 1.93 bits per heavy atom. The minimum Gasteiger partial charge on any atom is -0.481 e. The van der Waals surface area contributed by atoms with E-state index >= 15 is 0 Å². The molecule has 3 aliphatic rings. The normalized spacial score (nSPS) is 40.9. The summed E-state index contributed by atoms with van der Waals surface area (Å²) in [6.45, 7) is 1.13. The van der Waals surface area contributed by atoms with E-state index in [1.807, 2.05) is 0 Å². The fraction of sp³-hybridized carbons (Fsp3) is 0.778. The molecule has 5 heteroatoms. The highest BCUT2D eigenvalue weighted by Crippen LogP contribution is 2.36. The van der Waals surface area contributed by atoms with Crippen LogP contribution in [0.3, 0.4) is 0 Å². The van der Waals surface area contributed by atoms with Crippen molar-refractivity contribution in [2.24, 2.45) is 11.8 Å². The van der Waals surface area contributed by atoms with Crippen LogP contribution in [0.2, 0.25) is 0 Å². The second-order valence-electron chi connectivity index (χ2n) is 4.08. The molecule has 0 radical (unpaired) electrons. The van der Waals surface area contributed by atoms with E-state index in [0.29, 0.717) is 13.0 Å². The van der Waals surface area contributed by atoms with Crippen molar-refractivity contribution < 1.29 is 19.8 Å². The molecule has 3 aliphatic heterocycles. The summed E-state index contributed by atoms with van der Waals surface area (Å²) in [7, 11) is 0. The zero-order valence-electron chi connectivity index (χ0n) is 7.72. The smallest absolute Gasteiger partial charge is 0.320 e. The highest BCUT2D eigenvalue weighted by molar-refractivity contribution is 5.76. The molecule has 0 aromatic heterocycles. The Morgan fingerprint density at radius 3 is 2.36 bits per heavy atom. The van der Waals surface area contributed by atoms with Gasteiger partial charge < -0.3 is 10.2 Å². The first-order chi connectivity index (χ1) is 6.59. The Bertz CT molecular complexity index is 250. The Balaban J connectivity index is 2.12. The maximum atomic E-state index is 10.8. The van der Waals surface area contributed by atoms with E-state index in [9.17, 15) is 9.59 Å². The van der Waals surface area contributed by atoms with Gasteiger partial charge in [-0.05, 0) is 25.3 Å². The maximum absolute atomic E-state index is 10.8. The van der Waals surface area contributed by atoms with Gasteiger partial charge in [0.25, 0.3) is 0 Å². The predicted molar refractivity (Wildman–Crippen MR) is 46.8 cm³/mol. The van der Waals surface area contributed by atoms with Gasteiger partial charge in [-0.15, -0.1) is 0 Å². The summed E-state index contributed by atoms with van der Waals surface area (Å²) in [4.78, 5) is 23.5. The third kappa shape index (κ3) is 1.37. The van der Waals surface area contributed by atoms with Crippen molar-refractivity contribution in [2.45, 2.75) is 18.9 Å². The topological polar surface area (TPSA) is 77.8 Å². The van der Waals surface area contributed by atoms with Gasteiger partial charge in [0, 0.05) is 6.54 Å². The number of aliphatic carboxylic acids is 2. The van der Waals surface area contributed by atoms with Crippen molar-refractivity contribution in [2.75, 3.05) is 13.1 Å². The molecule has 0 aromatic carbocycles. The van der Waals surface area contributed by atoms with Crippen LogP contribution in [0.15, 0.2) is 0 Å². The molecule has 3 saturated heterocycles. The molecule has 2 N–H and O–H groups in total. The second kappa shape index (κ2) is 3.24. The van der Waals surface area contributed by atoms with Gasteiger partial charge in [0.2, 0.25) is 0 Å². The molecule has 0 aliphatic carbocycles. The lowest BCUT2D eigenvalue weighted by Gasteiger charge is -2.46. The number of carboxylic acids is 2. The van der Waals surface area contributed by atoms with Gasteiger partial charge in [-0.2, -0.15) is 0 Å². The van der Waals surface area contributed by atoms with Gasteiger partial charge in [-0.3, -0.25) is 14.5 Å². The Labute approximate surface area is 81.3 Å². The number of carbonyl (C=O) groups is 2. The van der Waals surface area contributed by atoms with Gasteiger partial charge in [-0.1, -0.05) is 0 Å². The lowest BCUT2D eigenvalue weighted by atomic mass is 9.75. The van der Waals surface area contributed by atoms with Crippen molar-refractivity contribution >= 4 is 11.9 Å². The zero-order chi connectivity index (χ0) is 10.3. The summed E-state index contributed by atoms with van der Waals surface area (Å²) in [5, 5.41) is 17.8. The van der Waals surface area contributed by atoms with Crippen molar-refractivity contribution in [1.82, 2.24) is 4.90 Å². The fourth-order valence-electron chi connectivity index (χ4n) is 2.56. The number of piperidine rings is 3. The van der Waals surface area contributed by atoms with Crippen LogP contribution in [0.1, 0.15) is 12.8 Å². The summed E-state index contributed by atoms with van der Waals surface area (Å²) < 4.78 is 0. The summed E-state index contributed by atoms with van der Waals surface area (Å²) in [6, 6.07) is -0.454. The molecule has 0 saturated carbocycles. The first kappa shape index (κ1) is 9.45. The molecule has 3 rings (SSSR count). The summed E-state index contributed by atoms with van der Waals surface area (Å²) in [5.74, 6) is -1.92. The van der Waals surface area contributed by atoms with E-state index in [4.69, 9.17) is 10.2 Å². The number of hydrogen-bond acceptors (Lipinski definition) is 3. The molecule has 1 unspecified atom stereocenters. The average Bonchev–Trinajstić information content (AvgIpc) is 2.18. The molecule has 0 aromatic rings. The van der Waals surface area contributed by atoms with Crippen molar-refractivity contribution in [3.8, 4) is 0 Å². The summed E-state index contributed by atoms with van der Waals surface area (Å²) in [6.07, 6.45) is 1.31. The monoisotopic (exact) mass is 199 g/mol. The van der Waals surface area contributed by atoms with Crippen LogP contribution >= 0.6 is 0 Å². The van der Waals surface area contributed by atoms with Crippen LogP contribution in [-0.4, -0.2) is 46.2 Å². The van der Waals surface area contributed by atoms with E-state index in [-0.39, 0.29) is 11.8 Å². The van der Waals surface area contributed by atoms with E-state index in [1.165, 1.54) is 0 Å². The first-order valence-corrected chi connectivity index (χ1v) is 4.79. The van der Waals surface area contributed by atoms with E-state index in [2.05, 4.69) is 0 Å². The molecule has 3 fully saturated rings. The van der Waals surface area contributed by atoms with Crippen molar-refractivity contribution in [3.05, 3.63) is 0 Å². The van der Waals surface area contributed by atoms with E-state index in [0.717, 1.165) is 13.0 Å². The van der Waals surface area contributed by atoms with Crippen LogP contribution < -0.4 is 0 Å². The summed E-state index contributed by atoms with van der Waals surface area (Å²) >= 11 is 0. The van der Waals surface area contributed by atoms with Gasteiger partial charge in [0.15, 0.2) is 0 Å². The largest absolute Gasteiger partial charge is 0.481 e. The Kier molecular flexibility index (Phi) is 2.19.